The average molecular weight is 491 g/mol. The summed E-state index contributed by atoms with van der Waals surface area (Å²) in [7, 11) is 0. The molecule has 0 spiro atoms. The summed E-state index contributed by atoms with van der Waals surface area (Å²) in [6.07, 6.45) is 26.3. The lowest BCUT2D eigenvalue weighted by molar-refractivity contribution is 0.0103. The molecule has 0 saturated heterocycles. The topological polar surface area (TPSA) is 27.7 Å². The third kappa shape index (κ3) is 23.1. The second-order valence-electron chi connectivity index (χ2n) is 10.2. The minimum atomic E-state index is 0.362. The van der Waals surface area contributed by atoms with Crippen LogP contribution in [0.2, 0.25) is 0 Å². The number of hydrogen-bond donors (Lipinski definition) is 0. The van der Waals surface area contributed by atoms with Crippen molar-refractivity contribution in [3.8, 4) is 5.75 Å². The zero-order chi connectivity index (χ0) is 25.1. The molecule has 0 aromatic heterocycles. The van der Waals surface area contributed by atoms with Gasteiger partial charge in [0, 0.05) is 6.61 Å². The summed E-state index contributed by atoms with van der Waals surface area (Å²) in [5.74, 6) is 0.999. The summed E-state index contributed by atoms with van der Waals surface area (Å²) in [5.41, 5.74) is 0. The van der Waals surface area contributed by atoms with Crippen molar-refractivity contribution in [3.05, 3.63) is 30.3 Å². The Morgan fingerprint density at radius 3 is 1.40 bits per heavy atom. The van der Waals surface area contributed by atoms with Gasteiger partial charge < -0.3 is 14.2 Å². The molecular formula is C32H58O3. The summed E-state index contributed by atoms with van der Waals surface area (Å²) in [5, 5.41) is 0. The summed E-state index contributed by atoms with van der Waals surface area (Å²) in [4.78, 5) is 0. The molecule has 0 aliphatic carbocycles. The number of rotatable bonds is 27. The zero-order valence-electron chi connectivity index (χ0n) is 23.5. The first-order chi connectivity index (χ1) is 17.3. The number of para-hydroxylation sites is 1. The predicted octanol–water partition coefficient (Wildman–Crippen LogP) is 9.92. The fourth-order valence-corrected chi connectivity index (χ4v) is 4.37. The van der Waals surface area contributed by atoms with Gasteiger partial charge >= 0.3 is 0 Å². The Kier molecular flexibility index (Phi) is 23.8. The molecule has 1 unspecified atom stereocenters. The molecule has 0 amide bonds. The normalized spacial score (nSPS) is 12.2. The average Bonchev–Trinajstić information content (AvgIpc) is 2.89. The summed E-state index contributed by atoms with van der Waals surface area (Å²) in [6.45, 7) is 7.51. The monoisotopic (exact) mass is 490 g/mol. The summed E-state index contributed by atoms with van der Waals surface area (Å²) >= 11 is 0. The van der Waals surface area contributed by atoms with E-state index in [1.54, 1.807) is 0 Å². The second-order valence-corrected chi connectivity index (χ2v) is 10.2. The van der Waals surface area contributed by atoms with E-state index in [2.05, 4.69) is 13.8 Å². The second kappa shape index (κ2) is 26.0. The Hall–Kier alpha value is -1.06. The molecule has 3 nitrogen and oxygen atoms in total. The van der Waals surface area contributed by atoms with Gasteiger partial charge in [-0.15, -0.1) is 0 Å². The highest BCUT2D eigenvalue weighted by Crippen LogP contribution is 2.15. The Morgan fingerprint density at radius 2 is 0.943 bits per heavy atom. The van der Waals surface area contributed by atoms with E-state index >= 15 is 0 Å². The lowest BCUT2D eigenvalue weighted by Gasteiger charge is -2.10. The molecular weight excluding hydrogens is 432 g/mol. The van der Waals surface area contributed by atoms with Crippen LogP contribution in [-0.2, 0) is 9.47 Å². The van der Waals surface area contributed by atoms with Crippen molar-refractivity contribution in [1.82, 2.24) is 0 Å². The van der Waals surface area contributed by atoms with E-state index in [-0.39, 0.29) is 0 Å². The third-order valence-corrected chi connectivity index (χ3v) is 6.90. The van der Waals surface area contributed by atoms with Gasteiger partial charge in [-0.2, -0.15) is 0 Å². The van der Waals surface area contributed by atoms with Crippen LogP contribution in [0.5, 0.6) is 5.75 Å². The van der Waals surface area contributed by atoms with E-state index in [0.717, 1.165) is 38.6 Å². The van der Waals surface area contributed by atoms with E-state index in [9.17, 15) is 0 Å². The fourth-order valence-electron chi connectivity index (χ4n) is 4.37. The van der Waals surface area contributed by atoms with Crippen LogP contribution in [0.25, 0.3) is 0 Å². The van der Waals surface area contributed by atoms with Crippen LogP contribution < -0.4 is 4.74 Å². The molecule has 1 aromatic carbocycles. The first kappa shape index (κ1) is 32.0. The first-order valence-corrected chi connectivity index (χ1v) is 15.2. The van der Waals surface area contributed by atoms with E-state index in [4.69, 9.17) is 14.2 Å². The van der Waals surface area contributed by atoms with Gasteiger partial charge in [-0.1, -0.05) is 128 Å². The van der Waals surface area contributed by atoms with Crippen molar-refractivity contribution in [2.24, 2.45) is 0 Å². The molecule has 0 fully saturated rings. The van der Waals surface area contributed by atoms with Crippen LogP contribution in [0.3, 0.4) is 0 Å². The fraction of sp³-hybridized carbons (Fsp3) is 0.812. The van der Waals surface area contributed by atoms with E-state index < -0.39 is 0 Å². The van der Waals surface area contributed by atoms with Crippen LogP contribution in [0.4, 0.5) is 0 Å². The van der Waals surface area contributed by atoms with Crippen LogP contribution in [0.1, 0.15) is 136 Å². The van der Waals surface area contributed by atoms with Gasteiger partial charge in [0.2, 0.25) is 0 Å². The Labute approximate surface area is 218 Å². The molecule has 1 atom stereocenters. The SMILES string of the molecule is CCC(C)OCCOCCCCCCCCCCCCCCCCCCCCOc1ccccc1. The maximum Gasteiger partial charge on any atom is 0.119 e. The smallest absolute Gasteiger partial charge is 0.119 e. The van der Waals surface area contributed by atoms with Gasteiger partial charge in [0.05, 0.1) is 25.9 Å². The van der Waals surface area contributed by atoms with Gasteiger partial charge in [0.25, 0.3) is 0 Å². The summed E-state index contributed by atoms with van der Waals surface area (Å²) < 4.78 is 17.0. The van der Waals surface area contributed by atoms with Crippen molar-refractivity contribution < 1.29 is 14.2 Å². The Balaban J connectivity index is 1.64. The maximum atomic E-state index is 5.75. The third-order valence-electron chi connectivity index (χ3n) is 6.90. The van der Waals surface area contributed by atoms with Crippen molar-refractivity contribution >= 4 is 0 Å². The molecule has 1 rings (SSSR count). The largest absolute Gasteiger partial charge is 0.494 e. The van der Waals surface area contributed by atoms with E-state index in [1.165, 1.54) is 116 Å². The van der Waals surface area contributed by atoms with Crippen molar-refractivity contribution in [2.75, 3.05) is 26.4 Å². The Morgan fingerprint density at radius 1 is 0.514 bits per heavy atom. The van der Waals surface area contributed by atoms with Crippen molar-refractivity contribution in [1.29, 1.82) is 0 Å². The van der Waals surface area contributed by atoms with Crippen LogP contribution >= 0.6 is 0 Å². The highest BCUT2D eigenvalue weighted by molar-refractivity contribution is 5.20. The molecule has 204 valence electrons. The quantitative estimate of drug-likeness (QED) is 0.115. The number of ether oxygens (including phenoxy) is 3. The molecule has 0 bridgehead atoms. The first-order valence-electron chi connectivity index (χ1n) is 15.2. The highest BCUT2D eigenvalue weighted by Gasteiger charge is 1.98. The molecule has 0 aliphatic heterocycles. The predicted molar refractivity (Wildman–Crippen MR) is 152 cm³/mol. The molecule has 1 aromatic rings. The Bertz CT molecular complexity index is 519. The minimum Gasteiger partial charge on any atom is -0.494 e. The maximum absolute atomic E-state index is 5.75. The number of unbranched alkanes of at least 4 members (excludes halogenated alkanes) is 17. The molecule has 0 saturated carbocycles. The van der Waals surface area contributed by atoms with Gasteiger partial charge in [0.1, 0.15) is 5.75 Å². The zero-order valence-corrected chi connectivity index (χ0v) is 23.5. The van der Waals surface area contributed by atoms with Gasteiger partial charge in [0.15, 0.2) is 0 Å². The molecule has 0 aliphatic rings. The molecule has 0 radical (unpaired) electrons. The molecule has 0 heterocycles. The standard InChI is InChI=1S/C32H58O3/c1-3-31(2)34-30-29-33-27-23-18-16-14-12-10-8-6-4-5-7-9-11-13-15-17-19-24-28-35-32-25-21-20-22-26-32/h20-22,25-26,31H,3-19,23-24,27-30H2,1-2H3. The van der Waals surface area contributed by atoms with Crippen molar-refractivity contribution in [3.63, 3.8) is 0 Å². The van der Waals surface area contributed by atoms with Crippen LogP contribution in [0.15, 0.2) is 30.3 Å². The highest BCUT2D eigenvalue weighted by atomic mass is 16.5. The lowest BCUT2D eigenvalue weighted by atomic mass is 10.0. The van der Waals surface area contributed by atoms with Gasteiger partial charge in [-0.25, -0.2) is 0 Å². The van der Waals surface area contributed by atoms with E-state index in [0.29, 0.717) is 6.10 Å². The molecule has 3 heteroatoms. The number of hydrogen-bond acceptors (Lipinski definition) is 3. The lowest BCUT2D eigenvalue weighted by Crippen LogP contribution is -2.12. The number of benzene rings is 1. The molecule has 35 heavy (non-hydrogen) atoms. The van der Waals surface area contributed by atoms with Crippen molar-refractivity contribution in [2.45, 2.75) is 142 Å². The van der Waals surface area contributed by atoms with E-state index in [1.807, 2.05) is 30.3 Å². The van der Waals surface area contributed by atoms with Gasteiger partial charge in [-0.3, -0.25) is 0 Å². The molecule has 0 N–H and O–H groups in total. The summed E-state index contributed by atoms with van der Waals surface area (Å²) in [6, 6.07) is 10.2. The van der Waals surface area contributed by atoms with Crippen LogP contribution in [0, 0.1) is 0 Å². The minimum absolute atomic E-state index is 0.362. The van der Waals surface area contributed by atoms with Gasteiger partial charge in [-0.05, 0) is 38.3 Å². The van der Waals surface area contributed by atoms with Crippen LogP contribution in [-0.4, -0.2) is 32.5 Å².